The van der Waals surface area contributed by atoms with Crippen molar-refractivity contribution in [3.05, 3.63) is 88.6 Å². The molecule has 30 heavy (non-hydrogen) atoms. The number of benzene rings is 2. The van der Waals surface area contributed by atoms with Crippen molar-refractivity contribution in [3.8, 4) is 11.6 Å². The van der Waals surface area contributed by atoms with Crippen molar-refractivity contribution in [2.24, 2.45) is 0 Å². The summed E-state index contributed by atoms with van der Waals surface area (Å²) in [5.74, 6) is 2.31. The van der Waals surface area contributed by atoms with Crippen molar-refractivity contribution >= 4 is 33.5 Å². The number of carbonyl (C=O) groups is 1. The van der Waals surface area contributed by atoms with Crippen LogP contribution in [0.25, 0.3) is 11.6 Å². The highest BCUT2D eigenvalue weighted by Crippen LogP contribution is 2.28. The maximum Gasteiger partial charge on any atom is 0.200 e. The van der Waals surface area contributed by atoms with Gasteiger partial charge in [0.25, 0.3) is 0 Å². The number of ketones is 1. The average molecular weight is 482 g/mol. The monoisotopic (exact) mass is 481 g/mol. The molecule has 5 nitrogen and oxygen atoms in total. The number of nitrogens with zero attached hydrogens (tertiary/aromatic N) is 3. The summed E-state index contributed by atoms with van der Waals surface area (Å²) >= 11 is 4.96. The van der Waals surface area contributed by atoms with Crippen LogP contribution in [0, 0.1) is 0 Å². The molecule has 2 aromatic carbocycles. The smallest absolute Gasteiger partial charge is 0.200 e. The van der Waals surface area contributed by atoms with Gasteiger partial charge in [-0.15, -0.1) is 10.2 Å². The normalized spacial score (nSPS) is 11.0. The van der Waals surface area contributed by atoms with Crippen LogP contribution < -0.4 is 0 Å². The highest BCUT2D eigenvalue weighted by molar-refractivity contribution is 9.10. The number of aromatic nitrogens is 3. The maximum atomic E-state index is 12.3. The molecule has 0 unspecified atom stereocenters. The molecule has 152 valence electrons. The fraction of sp³-hybridized carbons (Fsp3) is 0.174. The molecule has 2 aromatic heterocycles. The molecule has 0 saturated carbocycles. The zero-order chi connectivity index (χ0) is 20.8. The standard InChI is InChI=1S/C23H20BrN3O2S/c24-21-14-13-20(29-21)22-25-26-23(27(22)16-17-8-3-1-4-9-17)30-15-7-12-19(28)18-10-5-2-6-11-18/h1-6,8-11,13-14H,7,12,15-16H2. The SMILES string of the molecule is O=C(CCCSc1nnc(-c2ccc(Br)o2)n1Cc1ccccc1)c1ccccc1. The number of furan rings is 1. The minimum Gasteiger partial charge on any atom is -0.446 e. The maximum absolute atomic E-state index is 12.3. The number of thioether (sulfide) groups is 1. The first kappa shape index (κ1) is 20.6. The first-order valence-corrected chi connectivity index (χ1v) is 11.4. The van der Waals surface area contributed by atoms with Crippen molar-refractivity contribution in [2.45, 2.75) is 24.5 Å². The Morgan fingerprint density at radius 3 is 2.40 bits per heavy atom. The third-order valence-electron chi connectivity index (χ3n) is 4.57. The second-order valence-electron chi connectivity index (χ2n) is 6.72. The van der Waals surface area contributed by atoms with E-state index in [4.69, 9.17) is 4.42 Å². The summed E-state index contributed by atoms with van der Waals surface area (Å²) in [4.78, 5) is 12.3. The number of Topliss-reactive ketones (excluding diaryl/α,β-unsaturated/α-hetero) is 1. The highest BCUT2D eigenvalue weighted by Gasteiger charge is 2.17. The lowest BCUT2D eigenvalue weighted by molar-refractivity contribution is 0.0982. The van der Waals surface area contributed by atoms with Crippen LogP contribution >= 0.6 is 27.7 Å². The second-order valence-corrected chi connectivity index (χ2v) is 8.57. The Kier molecular flexibility index (Phi) is 6.81. The van der Waals surface area contributed by atoms with Crippen LogP contribution in [0.4, 0.5) is 0 Å². The summed E-state index contributed by atoms with van der Waals surface area (Å²) in [5, 5.41) is 9.57. The predicted octanol–water partition coefficient (Wildman–Crippen LogP) is 6.10. The first-order valence-electron chi connectivity index (χ1n) is 9.64. The molecule has 2 heterocycles. The van der Waals surface area contributed by atoms with Gasteiger partial charge in [0, 0.05) is 17.7 Å². The summed E-state index contributed by atoms with van der Waals surface area (Å²) in [7, 11) is 0. The lowest BCUT2D eigenvalue weighted by Gasteiger charge is -2.09. The van der Waals surface area contributed by atoms with Crippen LogP contribution in [0.5, 0.6) is 0 Å². The molecular formula is C23H20BrN3O2S. The summed E-state index contributed by atoms with van der Waals surface area (Å²) in [6.07, 6.45) is 1.29. The van der Waals surface area contributed by atoms with Crippen LogP contribution in [0.15, 0.2) is 87.0 Å². The van der Waals surface area contributed by atoms with E-state index in [9.17, 15) is 4.79 Å². The van der Waals surface area contributed by atoms with Gasteiger partial charge in [-0.2, -0.15) is 0 Å². The summed E-state index contributed by atoms with van der Waals surface area (Å²) in [6, 6.07) is 23.3. The summed E-state index contributed by atoms with van der Waals surface area (Å²) in [6.45, 7) is 0.646. The van der Waals surface area contributed by atoms with Crippen LogP contribution in [0.1, 0.15) is 28.8 Å². The molecule has 0 N–H and O–H groups in total. The summed E-state index contributed by atoms with van der Waals surface area (Å²) < 4.78 is 8.42. The lowest BCUT2D eigenvalue weighted by Crippen LogP contribution is -2.04. The molecule has 0 aliphatic heterocycles. The van der Waals surface area contributed by atoms with Crippen LogP contribution in [0.3, 0.4) is 0 Å². The lowest BCUT2D eigenvalue weighted by atomic mass is 10.1. The minimum absolute atomic E-state index is 0.170. The molecule has 0 atom stereocenters. The van der Waals surface area contributed by atoms with Crippen molar-refractivity contribution in [3.63, 3.8) is 0 Å². The molecule has 0 aliphatic carbocycles. The van der Waals surface area contributed by atoms with Gasteiger partial charge in [0.05, 0.1) is 6.54 Å². The molecule has 4 aromatic rings. The van der Waals surface area contributed by atoms with Gasteiger partial charge in [-0.1, -0.05) is 72.4 Å². The van der Waals surface area contributed by atoms with E-state index in [-0.39, 0.29) is 5.78 Å². The highest BCUT2D eigenvalue weighted by atomic mass is 79.9. The van der Waals surface area contributed by atoms with Gasteiger partial charge in [-0.3, -0.25) is 9.36 Å². The largest absolute Gasteiger partial charge is 0.446 e. The van der Waals surface area contributed by atoms with Gasteiger partial charge in [-0.05, 0) is 40.0 Å². The molecule has 0 bridgehead atoms. The van der Waals surface area contributed by atoms with E-state index in [1.165, 1.54) is 0 Å². The van der Waals surface area contributed by atoms with E-state index in [0.717, 1.165) is 28.5 Å². The molecule has 0 aliphatic rings. The molecule has 0 amide bonds. The quantitative estimate of drug-likeness (QED) is 0.164. The fourth-order valence-electron chi connectivity index (χ4n) is 3.09. The second kappa shape index (κ2) is 9.91. The number of halogens is 1. The molecule has 0 radical (unpaired) electrons. The first-order chi connectivity index (χ1) is 14.7. The Morgan fingerprint density at radius 2 is 1.70 bits per heavy atom. The molecule has 4 rings (SSSR count). The van der Waals surface area contributed by atoms with Gasteiger partial charge in [0.1, 0.15) is 0 Å². The van der Waals surface area contributed by atoms with Gasteiger partial charge < -0.3 is 4.42 Å². The number of hydrogen-bond donors (Lipinski definition) is 0. The van der Waals surface area contributed by atoms with Gasteiger partial charge in [0.2, 0.25) is 5.82 Å². The van der Waals surface area contributed by atoms with Crippen LogP contribution in [-0.2, 0) is 6.54 Å². The van der Waals surface area contributed by atoms with Gasteiger partial charge >= 0.3 is 0 Å². The van der Waals surface area contributed by atoms with E-state index in [0.29, 0.717) is 29.2 Å². The Bertz CT molecular complexity index is 1110. The molecule has 7 heteroatoms. The van der Waals surface area contributed by atoms with E-state index in [2.05, 4.69) is 42.8 Å². The Balaban J connectivity index is 1.45. The Morgan fingerprint density at radius 1 is 0.967 bits per heavy atom. The van der Waals surface area contributed by atoms with Gasteiger partial charge in [0.15, 0.2) is 21.4 Å². The van der Waals surface area contributed by atoms with Crippen LogP contribution in [-0.4, -0.2) is 26.3 Å². The van der Waals surface area contributed by atoms with E-state index < -0.39 is 0 Å². The van der Waals surface area contributed by atoms with E-state index in [1.807, 2.05) is 60.7 Å². The fourth-order valence-corrected chi connectivity index (χ4v) is 4.27. The Hall–Kier alpha value is -2.64. The number of rotatable bonds is 9. The third-order valence-corrected chi connectivity index (χ3v) is 6.05. The van der Waals surface area contributed by atoms with Crippen molar-refractivity contribution in [1.29, 1.82) is 0 Å². The zero-order valence-corrected chi connectivity index (χ0v) is 18.6. The zero-order valence-electron chi connectivity index (χ0n) is 16.2. The topological polar surface area (TPSA) is 60.9 Å². The molecule has 0 saturated heterocycles. The average Bonchev–Trinajstić information content (AvgIpc) is 3.38. The third kappa shape index (κ3) is 5.09. The van der Waals surface area contributed by atoms with E-state index in [1.54, 1.807) is 11.8 Å². The van der Waals surface area contributed by atoms with Crippen molar-refractivity contribution in [2.75, 3.05) is 5.75 Å². The van der Waals surface area contributed by atoms with Gasteiger partial charge in [-0.25, -0.2) is 0 Å². The van der Waals surface area contributed by atoms with E-state index >= 15 is 0 Å². The molecule has 0 spiro atoms. The van der Waals surface area contributed by atoms with Crippen LogP contribution in [0.2, 0.25) is 0 Å². The molecular weight excluding hydrogens is 462 g/mol. The summed E-state index contributed by atoms with van der Waals surface area (Å²) in [5.41, 5.74) is 1.92. The molecule has 0 fully saturated rings. The number of hydrogen-bond acceptors (Lipinski definition) is 5. The Labute approximate surface area is 187 Å². The van der Waals surface area contributed by atoms with Crippen molar-refractivity contribution in [1.82, 2.24) is 14.8 Å². The number of carbonyl (C=O) groups excluding carboxylic acids is 1. The van der Waals surface area contributed by atoms with Crippen molar-refractivity contribution < 1.29 is 9.21 Å². The predicted molar refractivity (Wildman–Crippen MR) is 122 cm³/mol. The minimum atomic E-state index is 0.170.